The third-order valence-corrected chi connectivity index (χ3v) is 2.21. The maximum absolute atomic E-state index is 10.3. The van der Waals surface area contributed by atoms with E-state index in [9.17, 15) is 4.91 Å². The highest BCUT2D eigenvalue weighted by Gasteiger charge is 2.07. The molecular weight excluding hydrogens is 174 g/mol. The fourth-order valence-corrected chi connectivity index (χ4v) is 1.61. The average molecular weight is 179 g/mol. The SMILES string of the molecule is O=Nc1cn[nH]c1-c1ccsc1. The van der Waals surface area contributed by atoms with Crippen molar-refractivity contribution < 1.29 is 0 Å². The van der Waals surface area contributed by atoms with Gasteiger partial charge in [0.05, 0.1) is 11.9 Å². The number of aromatic amines is 1. The Bertz CT molecular complexity index is 379. The van der Waals surface area contributed by atoms with Gasteiger partial charge in [-0.3, -0.25) is 5.10 Å². The molecule has 5 heteroatoms. The molecule has 0 unspecified atom stereocenters. The first-order valence-electron chi connectivity index (χ1n) is 3.31. The highest BCUT2D eigenvalue weighted by molar-refractivity contribution is 7.08. The van der Waals surface area contributed by atoms with Crippen LogP contribution in [-0.4, -0.2) is 10.2 Å². The molecule has 0 bridgehead atoms. The molecule has 0 atom stereocenters. The molecule has 12 heavy (non-hydrogen) atoms. The number of H-pyrrole nitrogens is 1. The molecule has 2 rings (SSSR count). The Morgan fingerprint density at radius 2 is 2.50 bits per heavy atom. The summed E-state index contributed by atoms with van der Waals surface area (Å²) in [4.78, 5) is 10.3. The van der Waals surface area contributed by atoms with Crippen LogP contribution in [-0.2, 0) is 0 Å². The van der Waals surface area contributed by atoms with Crippen LogP contribution in [0, 0.1) is 4.91 Å². The third-order valence-electron chi connectivity index (χ3n) is 1.53. The summed E-state index contributed by atoms with van der Waals surface area (Å²) < 4.78 is 0. The zero-order chi connectivity index (χ0) is 8.39. The first kappa shape index (κ1) is 7.17. The van der Waals surface area contributed by atoms with Crippen molar-refractivity contribution in [3.63, 3.8) is 0 Å². The quantitative estimate of drug-likeness (QED) is 0.720. The molecule has 0 fully saturated rings. The molecule has 1 N–H and O–H groups in total. The van der Waals surface area contributed by atoms with E-state index < -0.39 is 0 Å². The maximum atomic E-state index is 10.3. The molecule has 0 aromatic carbocycles. The molecule has 0 saturated heterocycles. The predicted molar refractivity (Wildman–Crippen MR) is 47.4 cm³/mol. The lowest BCUT2D eigenvalue weighted by atomic mass is 10.2. The number of aromatic nitrogens is 2. The molecule has 0 spiro atoms. The zero-order valence-corrected chi connectivity index (χ0v) is 6.84. The molecule has 0 saturated carbocycles. The van der Waals surface area contributed by atoms with Gasteiger partial charge < -0.3 is 0 Å². The van der Waals surface area contributed by atoms with E-state index in [0.717, 1.165) is 5.56 Å². The summed E-state index contributed by atoms with van der Waals surface area (Å²) >= 11 is 1.57. The first-order valence-corrected chi connectivity index (χ1v) is 4.25. The normalized spacial score (nSPS) is 10.0. The summed E-state index contributed by atoms with van der Waals surface area (Å²) in [5.41, 5.74) is 1.99. The second-order valence-corrected chi connectivity index (χ2v) is 3.01. The summed E-state index contributed by atoms with van der Waals surface area (Å²) in [5.74, 6) is 0. The molecule has 0 aliphatic heterocycles. The van der Waals surface area contributed by atoms with Crippen LogP contribution in [0.3, 0.4) is 0 Å². The minimum atomic E-state index is 0.355. The van der Waals surface area contributed by atoms with Crippen LogP contribution in [0.4, 0.5) is 5.69 Å². The maximum Gasteiger partial charge on any atom is 0.153 e. The Hall–Kier alpha value is -1.49. The van der Waals surface area contributed by atoms with Crippen molar-refractivity contribution in [1.82, 2.24) is 10.2 Å². The van der Waals surface area contributed by atoms with Gasteiger partial charge in [-0.1, -0.05) is 0 Å². The largest absolute Gasteiger partial charge is 0.275 e. The van der Waals surface area contributed by atoms with Crippen LogP contribution in [0.1, 0.15) is 0 Å². The van der Waals surface area contributed by atoms with Gasteiger partial charge in [-0.05, 0) is 16.6 Å². The van der Waals surface area contributed by atoms with Crippen molar-refractivity contribution >= 4 is 17.0 Å². The summed E-state index contributed by atoms with van der Waals surface area (Å²) in [5, 5.41) is 13.2. The van der Waals surface area contributed by atoms with Gasteiger partial charge in [-0.15, -0.1) is 4.91 Å². The van der Waals surface area contributed by atoms with Crippen molar-refractivity contribution in [2.75, 3.05) is 0 Å². The van der Waals surface area contributed by atoms with E-state index in [1.54, 1.807) is 11.3 Å². The predicted octanol–water partition coefficient (Wildman–Crippen LogP) is 2.54. The van der Waals surface area contributed by atoms with Gasteiger partial charge in [0.1, 0.15) is 0 Å². The van der Waals surface area contributed by atoms with Crippen molar-refractivity contribution in [3.05, 3.63) is 27.9 Å². The molecule has 0 aliphatic carbocycles. The van der Waals surface area contributed by atoms with E-state index in [0.29, 0.717) is 11.4 Å². The van der Waals surface area contributed by atoms with Crippen LogP contribution < -0.4 is 0 Å². The van der Waals surface area contributed by atoms with E-state index in [1.807, 2.05) is 16.8 Å². The molecule has 0 radical (unpaired) electrons. The molecule has 60 valence electrons. The molecule has 2 aromatic heterocycles. The monoisotopic (exact) mass is 179 g/mol. The van der Waals surface area contributed by atoms with Gasteiger partial charge in [0.2, 0.25) is 0 Å². The number of hydrogen-bond donors (Lipinski definition) is 1. The van der Waals surface area contributed by atoms with Crippen LogP contribution >= 0.6 is 11.3 Å². The molecule has 0 amide bonds. The molecular formula is C7H5N3OS. The molecule has 4 nitrogen and oxygen atoms in total. The third kappa shape index (κ3) is 1.04. The van der Waals surface area contributed by atoms with E-state index in [2.05, 4.69) is 15.4 Å². The highest BCUT2D eigenvalue weighted by Crippen LogP contribution is 2.28. The smallest absolute Gasteiger partial charge is 0.153 e. The van der Waals surface area contributed by atoms with Gasteiger partial charge in [0.15, 0.2) is 5.69 Å². The number of nitrogens with zero attached hydrogens (tertiary/aromatic N) is 2. The van der Waals surface area contributed by atoms with Crippen molar-refractivity contribution in [2.45, 2.75) is 0 Å². The number of hydrogen-bond acceptors (Lipinski definition) is 4. The standard InChI is InChI=1S/C7H5N3OS/c11-10-6-3-8-9-7(6)5-1-2-12-4-5/h1-4H,(H,8,9). The van der Waals surface area contributed by atoms with Gasteiger partial charge in [0, 0.05) is 10.9 Å². The lowest BCUT2D eigenvalue weighted by Crippen LogP contribution is -1.72. The first-order chi connectivity index (χ1) is 5.92. The minimum absolute atomic E-state index is 0.355. The van der Waals surface area contributed by atoms with Crippen molar-refractivity contribution in [3.8, 4) is 11.3 Å². The van der Waals surface area contributed by atoms with E-state index in [-0.39, 0.29) is 0 Å². The fourth-order valence-electron chi connectivity index (χ4n) is 0.968. The Kier molecular flexibility index (Phi) is 1.71. The van der Waals surface area contributed by atoms with Crippen molar-refractivity contribution in [2.24, 2.45) is 5.18 Å². The summed E-state index contributed by atoms with van der Waals surface area (Å²) in [7, 11) is 0. The zero-order valence-electron chi connectivity index (χ0n) is 6.02. The minimum Gasteiger partial charge on any atom is -0.275 e. The molecule has 0 aliphatic rings. The number of nitroso groups, excluding NO2 is 1. The van der Waals surface area contributed by atoms with Gasteiger partial charge in [0.25, 0.3) is 0 Å². The van der Waals surface area contributed by atoms with Crippen LogP contribution in [0.5, 0.6) is 0 Å². The Labute approximate surface area is 72.2 Å². The average Bonchev–Trinajstić information content (AvgIpc) is 2.74. The summed E-state index contributed by atoms with van der Waals surface area (Å²) in [6.45, 7) is 0. The summed E-state index contributed by atoms with van der Waals surface area (Å²) in [6, 6.07) is 1.91. The summed E-state index contributed by atoms with van der Waals surface area (Å²) in [6.07, 6.45) is 1.42. The fraction of sp³-hybridized carbons (Fsp3) is 0. The van der Waals surface area contributed by atoms with Gasteiger partial charge in [-0.2, -0.15) is 16.4 Å². The number of nitrogens with one attached hydrogen (secondary N) is 1. The number of rotatable bonds is 2. The van der Waals surface area contributed by atoms with E-state index in [4.69, 9.17) is 0 Å². The Morgan fingerprint density at radius 3 is 3.17 bits per heavy atom. The van der Waals surface area contributed by atoms with Gasteiger partial charge in [-0.25, -0.2) is 0 Å². The number of thiophene rings is 1. The Morgan fingerprint density at radius 1 is 1.58 bits per heavy atom. The van der Waals surface area contributed by atoms with E-state index in [1.165, 1.54) is 6.20 Å². The Balaban J connectivity index is 2.53. The lowest BCUT2D eigenvalue weighted by molar-refractivity contribution is 1.10. The topological polar surface area (TPSA) is 58.1 Å². The lowest BCUT2D eigenvalue weighted by Gasteiger charge is -1.89. The van der Waals surface area contributed by atoms with Crippen LogP contribution in [0.2, 0.25) is 0 Å². The van der Waals surface area contributed by atoms with E-state index >= 15 is 0 Å². The molecule has 2 heterocycles. The molecule has 2 aromatic rings. The highest BCUT2D eigenvalue weighted by atomic mass is 32.1. The van der Waals surface area contributed by atoms with Crippen molar-refractivity contribution in [1.29, 1.82) is 0 Å². The van der Waals surface area contributed by atoms with Crippen LogP contribution in [0.15, 0.2) is 28.2 Å². The van der Waals surface area contributed by atoms with Crippen LogP contribution in [0.25, 0.3) is 11.3 Å². The second kappa shape index (κ2) is 2.86. The van der Waals surface area contributed by atoms with Gasteiger partial charge >= 0.3 is 0 Å². The second-order valence-electron chi connectivity index (χ2n) is 2.23.